The molecular formula is C24H27N3O3. The third kappa shape index (κ3) is 5.02. The molecule has 0 saturated carbocycles. The van der Waals surface area contributed by atoms with Crippen LogP contribution in [0.1, 0.15) is 24.4 Å². The number of nitrogens with one attached hydrogen (secondary N) is 1. The van der Waals surface area contributed by atoms with Crippen LogP contribution in [0.4, 0.5) is 10.5 Å². The lowest BCUT2D eigenvalue weighted by atomic mass is 10.1. The zero-order valence-electron chi connectivity index (χ0n) is 17.2. The number of para-hydroxylation sites is 2. The molecule has 0 spiro atoms. The van der Waals surface area contributed by atoms with Gasteiger partial charge in [-0.3, -0.25) is 4.90 Å². The molecule has 1 aliphatic heterocycles. The van der Waals surface area contributed by atoms with Gasteiger partial charge in [0.25, 0.3) is 0 Å². The lowest BCUT2D eigenvalue weighted by molar-refractivity contribution is 0.137. The number of ether oxygens (including phenoxy) is 1. The Bertz CT molecular complexity index is 935. The van der Waals surface area contributed by atoms with E-state index in [-0.39, 0.29) is 12.1 Å². The van der Waals surface area contributed by atoms with Gasteiger partial charge < -0.3 is 19.4 Å². The van der Waals surface area contributed by atoms with Crippen molar-refractivity contribution < 1.29 is 13.9 Å². The molecule has 1 unspecified atom stereocenters. The second-order valence-electron chi connectivity index (χ2n) is 7.44. The molecule has 1 aromatic heterocycles. The quantitative estimate of drug-likeness (QED) is 0.642. The van der Waals surface area contributed by atoms with E-state index < -0.39 is 0 Å². The van der Waals surface area contributed by atoms with Gasteiger partial charge in [0, 0.05) is 26.2 Å². The summed E-state index contributed by atoms with van der Waals surface area (Å²) in [4.78, 5) is 17.0. The maximum absolute atomic E-state index is 12.8. The molecule has 2 heterocycles. The zero-order valence-corrected chi connectivity index (χ0v) is 17.2. The Morgan fingerprint density at radius 3 is 2.47 bits per heavy atom. The van der Waals surface area contributed by atoms with Crippen molar-refractivity contribution in [3.8, 4) is 5.75 Å². The van der Waals surface area contributed by atoms with Crippen molar-refractivity contribution in [2.45, 2.75) is 19.6 Å². The molecule has 1 saturated heterocycles. The minimum atomic E-state index is -0.116. The predicted octanol–water partition coefficient (Wildman–Crippen LogP) is 4.77. The molecule has 2 aromatic carbocycles. The summed E-state index contributed by atoms with van der Waals surface area (Å²) in [5.41, 5.74) is 1.77. The molecule has 6 heteroatoms. The first-order valence-corrected chi connectivity index (χ1v) is 10.3. The van der Waals surface area contributed by atoms with E-state index in [0.29, 0.717) is 24.5 Å². The Labute approximate surface area is 177 Å². The second-order valence-corrected chi connectivity index (χ2v) is 7.44. The van der Waals surface area contributed by atoms with Gasteiger partial charge in [-0.05, 0) is 36.8 Å². The highest BCUT2D eigenvalue weighted by atomic mass is 16.5. The van der Waals surface area contributed by atoms with Crippen molar-refractivity contribution in [3.05, 3.63) is 84.3 Å². The minimum absolute atomic E-state index is 0.101. The van der Waals surface area contributed by atoms with Crippen LogP contribution in [0.25, 0.3) is 0 Å². The van der Waals surface area contributed by atoms with Crippen molar-refractivity contribution >= 4 is 11.7 Å². The van der Waals surface area contributed by atoms with E-state index in [1.54, 1.807) is 6.26 Å². The first-order valence-electron chi connectivity index (χ1n) is 10.3. The highest BCUT2D eigenvalue weighted by Gasteiger charge is 2.22. The fourth-order valence-corrected chi connectivity index (χ4v) is 3.58. The number of hydrogen-bond acceptors (Lipinski definition) is 4. The topological polar surface area (TPSA) is 58.0 Å². The smallest absolute Gasteiger partial charge is 0.322 e. The number of anilines is 1. The summed E-state index contributed by atoms with van der Waals surface area (Å²) >= 11 is 0. The molecule has 1 aliphatic rings. The van der Waals surface area contributed by atoms with Crippen molar-refractivity contribution in [1.82, 2.24) is 9.80 Å². The molecule has 2 amide bonds. The number of rotatable bonds is 6. The lowest BCUT2D eigenvalue weighted by Gasteiger charge is -2.34. The summed E-state index contributed by atoms with van der Waals surface area (Å²) in [5, 5.41) is 3.02. The summed E-state index contributed by atoms with van der Waals surface area (Å²) in [6, 6.07) is 21.4. The molecule has 1 atom stereocenters. The maximum atomic E-state index is 12.8. The average molecular weight is 405 g/mol. The van der Waals surface area contributed by atoms with E-state index in [0.717, 1.165) is 31.0 Å². The summed E-state index contributed by atoms with van der Waals surface area (Å²) < 4.78 is 11.6. The maximum Gasteiger partial charge on any atom is 0.322 e. The van der Waals surface area contributed by atoms with E-state index >= 15 is 0 Å². The molecule has 6 nitrogen and oxygen atoms in total. The van der Waals surface area contributed by atoms with E-state index in [4.69, 9.17) is 9.15 Å². The van der Waals surface area contributed by atoms with Crippen LogP contribution in [-0.2, 0) is 6.54 Å². The fourth-order valence-electron chi connectivity index (χ4n) is 3.58. The van der Waals surface area contributed by atoms with Crippen LogP contribution in [0.15, 0.2) is 77.4 Å². The molecule has 1 fully saturated rings. The summed E-state index contributed by atoms with van der Waals surface area (Å²) in [7, 11) is 0. The molecule has 1 N–H and O–H groups in total. The van der Waals surface area contributed by atoms with Gasteiger partial charge in [0.05, 0.1) is 18.5 Å². The van der Waals surface area contributed by atoms with Crippen LogP contribution in [0.3, 0.4) is 0 Å². The van der Waals surface area contributed by atoms with Crippen LogP contribution in [0, 0.1) is 0 Å². The van der Waals surface area contributed by atoms with Crippen molar-refractivity contribution in [3.63, 3.8) is 0 Å². The van der Waals surface area contributed by atoms with Gasteiger partial charge in [-0.25, -0.2) is 4.79 Å². The molecule has 0 radical (unpaired) electrons. The Hall–Kier alpha value is -3.25. The standard InChI is InChI=1S/C24H27N3O3/c1-19(20-8-3-2-4-9-20)30-23-12-6-5-11-22(23)25-24(28)27-15-13-26(14-16-27)18-21-10-7-17-29-21/h2-12,17,19H,13-16,18H2,1H3,(H,25,28). The predicted molar refractivity (Wildman–Crippen MR) is 117 cm³/mol. The van der Waals surface area contributed by atoms with Gasteiger partial charge in [0.15, 0.2) is 0 Å². The van der Waals surface area contributed by atoms with E-state index in [2.05, 4.69) is 10.2 Å². The molecule has 0 aliphatic carbocycles. The van der Waals surface area contributed by atoms with Gasteiger partial charge in [-0.15, -0.1) is 0 Å². The van der Waals surface area contributed by atoms with E-state index in [9.17, 15) is 4.79 Å². The highest BCUT2D eigenvalue weighted by Crippen LogP contribution is 2.29. The number of hydrogen-bond donors (Lipinski definition) is 1. The third-order valence-corrected chi connectivity index (χ3v) is 5.32. The van der Waals surface area contributed by atoms with Gasteiger partial charge in [-0.1, -0.05) is 42.5 Å². The summed E-state index contributed by atoms with van der Waals surface area (Å²) in [6.45, 7) is 5.77. The van der Waals surface area contributed by atoms with Crippen LogP contribution < -0.4 is 10.1 Å². The van der Waals surface area contributed by atoms with Gasteiger partial charge >= 0.3 is 6.03 Å². The summed E-state index contributed by atoms with van der Waals surface area (Å²) in [5.74, 6) is 1.62. The van der Waals surface area contributed by atoms with Crippen LogP contribution >= 0.6 is 0 Å². The molecular weight excluding hydrogens is 378 g/mol. The first-order chi connectivity index (χ1) is 14.7. The molecule has 156 valence electrons. The normalized spacial score (nSPS) is 15.6. The second kappa shape index (κ2) is 9.50. The Kier molecular flexibility index (Phi) is 6.35. The van der Waals surface area contributed by atoms with Crippen molar-refractivity contribution in [2.75, 3.05) is 31.5 Å². The molecule has 3 aromatic rings. The SMILES string of the molecule is CC(Oc1ccccc1NC(=O)N1CCN(Cc2ccco2)CC1)c1ccccc1. The van der Waals surface area contributed by atoms with E-state index in [1.165, 1.54) is 0 Å². The van der Waals surface area contributed by atoms with Crippen LogP contribution in [-0.4, -0.2) is 42.0 Å². The molecule has 30 heavy (non-hydrogen) atoms. The molecule has 4 rings (SSSR count). The number of urea groups is 1. The number of amides is 2. The number of piperazine rings is 1. The van der Waals surface area contributed by atoms with Gasteiger partial charge in [0.1, 0.15) is 17.6 Å². The first kappa shape index (κ1) is 20.0. The number of carbonyl (C=O) groups is 1. The lowest BCUT2D eigenvalue weighted by Crippen LogP contribution is -2.49. The number of carbonyl (C=O) groups excluding carboxylic acids is 1. The summed E-state index contributed by atoms with van der Waals surface area (Å²) in [6.07, 6.45) is 1.58. The molecule has 0 bridgehead atoms. The van der Waals surface area contributed by atoms with Gasteiger partial charge in [-0.2, -0.15) is 0 Å². The Balaban J connectivity index is 1.34. The zero-order chi connectivity index (χ0) is 20.8. The Morgan fingerprint density at radius 2 is 1.73 bits per heavy atom. The highest BCUT2D eigenvalue weighted by molar-refractivity contribution is 5.91. The minimum Gasteiger partial charge on any atom is -0.484 e. The number of nitrogens with zero attached hydrogens (tertiary/aromatic N) is 2. The third-order valence-electron chi connectivity index (χ3n) is 5.32. The average Bonchev–Trinajstić information content (AvgIpc) is 3.29. The number of benzene rings is 2. The fraction of sp³-hybridized carbons (Fsp3) is 0.292. The van der Waals surface area contributed by atoms with Gasteiger partial charge in [0.2, 0.25) is 0 Å². The number of furan rings is 1. The van der Waals surface area contributed by atoms with Crippen molar-refractivity contribution in [1.29, 1.82) is 0 Å². The van der Waals surface area contributed by atoms with Crippen molar-refractivity contribution in [2.24, 2.45) is 0 Å². The largest absolute Gasteiger partial charge is 0.484 e. The van der Waals surface area contributed by atoms with E-state index in [1.807, 2.05) is 78.6 Å². The Morgan fingerprint density at radius 1 is 1.00 bits per heavy atom. The van der Waals surface area contributed by atoms with Crippen LogP contribution in [0.5, 0.6) is 5.75 Å². The monoisotopic (exact) mass is 405 g/mol. The van der Waals surface area contributed by atoms with Crippen LogP contribution in [0.2, 0.25) is 0 Å².